The molecule has 0 saturated carbocycles. The lowest BCUT2D eigenvalue weighted by molar-refractivity contribution is -0.132. The van der Waals surface area contributed by atoms with Crippen molar-refractivity contribution < 1.29 is 18.4 Å². The van der Waals surface area contributed by atoms with Gasteiger partial charge in [-0.1, -0.05) is 12.1 Å². The predicted octanol–water partition coefficient (Wildman–Crippen LogP) is 3.72. The highest BCUT2D eigenvalue weighted by molar-refractivity contribution is 9.10. The summed E-state index contributed by atoms with van der Waals surface area (Å²) >= 11 is 3.46. The number of nitrogens with one attached hydrogen (secondary N) is 1. The van der Waals surface area contributed by atoms with Crippen LogP contribution in [0.5, 0.6) is 0 Å². The monoisotopic (exact) mass is 477 g/mol. The average Bonchev–Trinajstić information content (AvgIpc) is 3.36. The molecule has 1 N–H and O–H groups in total. The fourth-order valence-corrected chi connectivity index (χ4v) is 4.62. The summed E-state index contributed by atoms with van der Waals surface area (Å²) in [6.07, 6.45) is 1.32. The highest BCUT2D eigenvalue weighted by Gasteiger charge is 2.38. The summed E-state index contributed by atoms with van der Waals surface area (Å²) in [6.45, 7) is 2.32. The molecule has 5 nitrogen and oxygen atoms in total. The summed E-state index contributed by atoms with van der Waals surface area (Å²) in [5.41, 5.74) is 1.41. The normalized spacial score (nSPS) is 21.4. The maximum Gasteiger partial charge on any atom is 0.239 e. The molecule has 8 heteroatoms. The van der Waals surface area contributed by atoms with E-state index in [1.807, 2.05) is 29.2 Å². The molecule has 4 rings (SSSR count). The van der Waals surface area contributed by atoms with Crippen LogP contribution in [0.3, 0.4) is 0 Å². The number of hydrogen-bond donors (Lipinski definition) is 1. The average molecular weight is 478 g/mol. The molecule has 0 radical (unpaired) electrons. The van der Waals surface area contributed by atoms with Crippen LogP contribution in [0.4, 0.5) is 20.2 Å². The maximum absolute atomic E-state index is 13.5. The fraction of sp³-hybridized carbons (Fsp3) is 0.364. The number of carbonyl (C=O) groups excluding carboxylic acids is 2. The van der Waals surface area contributed by atoms with E-state index in [1.165, 1.54) is 6.07 Å². The van der Waals surface area contributed by atoms with E-state index in [9.17, 15) is 18.4 Å². The van der Waals surface area contributed by atoms with Crippen LogP contribution >= 0.6 is 15.9 Å². The van der Waals surface area contributed by atoms with E-state index in [-0.39, 0.29) is 17.7 Å². The number of nitrogens with zero attached hydrogens (tertiary/aromatic N) is 2. The minimum absolute atomic E-state index is 0.186. The number of amides is 2. The summed E-state index contributed by atoms with van der Waals surface area (Å²) in [4.78, 5) is 29.0. The van der Waals surface area contributed by atoms with Gasteiger partial charge in [-0.2, -0.15) is 0 Å². The van der Waals surface area contributed by atoms with Crippen molar-refractivity contribution in [3.8, 4) is 0 Å². The van der Waals surface area contributed by atoms with E-state index in [2.05, 4.69) is 21.2 Å². The Bertz CT molecular complexity index is 971. The highest BCUT2D eigenvalue weighted by atomic mass is 79.9. The second-order valence-corrected chi connectivity index (χ2v) is 8.58. The molecule has 30 heavy (non-hydrogen) atoms. The number of rotatable bonds is 5. The molecule has 158 valence electrons. The first-order valence-electron chi connectivity index (χ1n) is 9.97. The minimum atomic E-state index is -0.862. The topological polar surface area (TPSA) is 52.7 Å². The van der Waals surface area contributed by atoms with Crippen LogP contribution < -0.4 is 15.1 Å². The van der Waals surface area contributed by atoms with E-state index in [0.717, 1.165) is 22.6 Å². The van der Waals surface area contributed by atoms with Crippen molar-refractivity contribution in [1.29, 1.82) is 0 Å². The van der Waals surface area contributed by atoms with Gasteiger partial charge in [-0.05, 0) is 59.0 Å². The van der Waals surface area contributed by atoms with Gasteiger partial charge in [-0.3, -0.25) is 9.59 Å². The summed E-state index contributed by atoms with van der Waals surface area (Å²) in [7, 11) is 0. The Hall–Kier alpha value is -2.48. The van der Waals surface area contributed by atoms with Gasteiger partial charge in [0.2, 0.25) is 11.8 Å². The zero-order chi connectivity index (χ0) is 21.3. The lowest BCUT2D eigenvalue weighted by Gasteiger charge is -2.20. The van der Waals surface area contributed by atoms with Gasteiger partial charge in [-0.15, -0.1) is 0 Å². The maximum atomic E-state index is 13.5. The molecule has 2 aromatic rings. The number of anilines is 2. The second-order valence-electron chi connectivity index (χ2n) is 7.73. The molecule has 2 aromatic carbocycles. The smallest absolute Gasteiger partial charge is 0.239 e. The molecule has 0 aliphatic carbocycles. The molecule has 2 heterocycles. The number of benzene rings is 2. The standard InChI is InChI=1S/C22H22BrF2N3O2/c23-17-3-1-2-4-20(17)28-10-8-16(22(28)30)21(29)26-12-14-7-9-27(13-14)15-5-6-18(24)19(25)11-15/h1-6,11,14,16H,7-10,12-13H2,(H,26,29). The van der Waals surface area contributed by atoms with Gasteiger partial charge in [-0.25, -0.2) is 8.78 Å². The lowest BCUT2D eigenvalue weighted by atomic mass is 10.1. The molecule has 2 amide bonds. The molecular formula is C22H22BrF2N3O2. The molecule has 2 atom stereocenters. The molecule has 2 fully saturated rings. The Morgan fingerprint density at radius 2 is 1.90 bits per heavy atom. The van der Waals surface area contributed by atoms with E-state index < -0.39 is 17.6 Å². The van der Waals surface area contributed by atoms with Crippen molar-refractivity contribution in [3.05, 3.63) is 58.6 Å². The zero-order valence-corrected chi connectivity index (χ0v) is 17.9. The Balaban J connectivity index is 1.30. The van der Waals surface area contributed by atoms with Crippen LogP contribution in [0.1, 0.15) is 12.8 Å². The van der Waals surface area contributed by atoms with E-state index in [4.69, 9.17) is 0 Å². The first-order valence-corrected chi connectivity index (χ1v) is 10.8. The molecule has 0 spiro atoms. The molecule has 2 unspecified atom stereocenters. The van der Waals surface area contributed by atoms with Gasteiger partial charge >= 0.3 is 0 Å². The molecule has 2 saturated heterocycles. The Kier molecular flexibility index (Phi) is 6.04. The summed E-state index contributed by atoms with van der Waals surface area (Å²) < 4.78 is 27.4. The third-order valence-corrected chi connectivity index (χ3v) is 6.45. The van der Waals surface area contributed by atoms with Crippen molar-refractivity contribution >= 4 is 39.1 Å². The number of para-hydroxylation sites is 1. The Labute approximate surface area is 182 Å². The third kappa shape index (κ3) is 4.19. The molecule has 0 bridgehead atoms. The van der Waals surface area contributed by atoms with Gasteiger partial charge in [0.05, 0.1) is 5.69 Å². The van der Waals surface area contributed by atoms with Gasteiger partial charge in [0.25, 0.3) is 0 Å². The van der Waals surface area contributed by atoms with Gasteiger partial charge in [0, 0.05) is 42.4 Å². The zero-order valence-electron chi connectivity index (χ0n) is 16.3. The Morgan fingerprint density at radius 3 is 2.67 bits per heavy atom. The molecule has 2 aliphatic heterocycles. The number of hydrogen-bond acceptors (Lipinski definition) is 3. The van der Waals surface area contributed by atoms with Crippen LogP contribution in [0.25, 0.3) is 0 Å². The van der Waals surface area contributed by atoms with E-state index in [1.54, 1.807) is 11.0 Å². The Morgan fingerprint density at radius 1 is 1.10 bits per heavy atom. The number of carbonyl (C=O) groups is 2. The van der Waals surface area contributed by atoms with Crippen molar-refractivity contribution in [2.45, 2.75) is 12.8 Å². The molecular weight excluding hydrogens is 456 g/mol. The largest absolute Gasteiger partial charge is 0.371 e. The molecule has 2 aliphatic rings. The van der Waals surface area contributed by atoms with E-state index >= 15 is 0 Å². The summed E-state index contributed by atoms with van der Waals surface area (Å²) in [6, 6.07) is 11.4. The SMILES string of the molecule is O=C(NCC1CCN(c2ccc(F)c(F)c2)C1)C1CCN(c2ccccc2Br)C1=O. The predicted molar refractivity (Wildman–Crippen MR) is 114 cm³/mol. The van der Waals surface area contributed by atoms with Gasteiger partial charge in [0.1, 0.15) is 5.92 Å². The van der Waals surface area contributed by atoms with Crippen LogP contribution in [-0.4, -0.2) is 38.0 Å². The van der Waals surface area contributed by atoms with Gasteiger partial charge in [0.15, 0.2) is 11.6 Å². The third-order valence-electron chi connectivity index (χ3n) is 5.78. The van der Waals surface area contributed by atoms with Crippen LogP contribution in [0.2, 0.25) is 0 Å². The second kappa shape index (κ2) is 8.71. The molecule has 0 aromatic heterocycles. The van der Waals surface area contributed by atoms with Crippen LogP contribution in [0, 0.1) is 23.5 Å². The first-order chi connectivity index (χ1) is 14.4. The lowest BCUT2D eigenvalue weighted by Crippen LogP contribution is -2.39. The van der Waals surface area contributed by atoms with Crippen molar-refractivity contribution in [2.75, 3.05) is 36.0 Å². The fourth-order valence-electron chi connectivity index (χ4n) is 4.12. The number of halogens is 3. The van der Waals surface area contributed by atoms with Gasteiger partial charge < -0.3 is 15.1 Å². The van der Waals surface area contributed by atoms with Crippen LogP contribution in [-0.2, 0) is 9.59 Å². The van der Waals surface area contributed by atoms with Crippen molar-refractivity contribution in [1.82, 2.24) is 5.32 Å². The first kappa shape index (κ1) is 20.8. The van der Waals surface area contributed by atoms with E-state index in [0.29, 0.717) is 38.3 Å². The minimum Gasteiger partial charge on any atom is -0.371 e. The quantitative estimate of drug-likeness (QED) is 0.667. The summed E-state index contributed by atoms with van der Waals surface area (Å²) in [5, 5.41) is 2.92. The highest BCUT2D eigenvalue weighted by Crippen LogP contribution is 2.31. The van der Waals surface area contributed by atoms with Crippen LogP contribution in [0.15, 0.2) is 46.9 Å². The summed E-state index contributed by atoms with van der Waals surface area (Å²) in [5.74, 6) is -2.65. The van der Waals surface area contributed by atoms with Crippen molar-refractivity contribution in [2.24, 2.45) is 11.8 Å². The van der Waals surface area contributed by atoms with Crippen molar-refractivity contribution in [3.63, 3.8) is 0 Å².